The van der Waals surface area contributed by atoms with Crippen molar-refractivity contribution in [3.63, 3.8) is 0 Å². The van der Waals surface area contributed by atoms with E-state index in [0.29, 0.717) is 17.5 Å². The van der Waals surface area contributed by atoms with Crippen LogP contribution in [-0.4, -0.2) is 21.7 Å². The average Bonchev–Trinajstić information content (AvgIpc) is 2.56. The van der Waals surface area contributed by atoms with Crippen LogP contribution < -0.4 is 11.1 Å². The fourth-order valence-electron chi connectivity index (χ4n) is 3.51. The number of benzene rings is 1. The van der Waals surface area contributed by atoms with E-state index in [9.17, 15) is 0 Å². The maximum Gasteiger partial charge on any atom is 0.137 e. The maximum absolute atomic E-state index is 8.00. The summed E-state index contributed by atoms with van der Waals surface area (Å²) in [6, 6.07) is 6.48. The van der Waals surface area contributed by atoms with Crippen molar-refractivity contribution in [1.82, 2.24) is 9.97 Å². The highest BCUT2D eigenvalue weighted by atomic mass is 15.0. The smallest absolute Gasteiger partial charge is 0.137 e. The van der Waals surface area contributed by atoms with Gasteiger partial charge in [-0.3, -0.25) is 0 Å². The van der Waals surface area contributed by atoms with Crippen molar-refractivity contribution in [2.75, 3.05) is 5.32 Å². The SMILES string of the molecule is CC(=N)C(=C(C)N)c1ccc2ncnc(NC3CCCCC3)c2c1. The van der Waals surface area contributed by atoms with Gasteiger partial charge < -0.3 is 16.5 Å². The van der Waals surface area contributed by atoms with Crippen molar-refractivity contribution < 1.29 is 0 Å². The standard InChI is InChI=1S/C19H25N5/c1-12(20)18(13(2)21)14-8-9-17-16(10-14)19(23-11-22-17)24-15-6-4-3-5-7-15/h8-11,15,20H,3-7,21H2,1-2H3,(H,22,23,24). The van der Waals surface area contributed by atoms with Crippen LogP contribution in [0.3, 0.4) is 0 Å². The summed E-state index contributed by atoms with van der Waals surface area (Å²) < 4.78 is 0. The third kappa shape index (κ3) is 3.40. The number of nitrogens with one attached hydrogen (secondary N) is 2. The number of allylic oxidation sites excluding steroid dienone is 2. The lowest BCUT2D eigenvalue weighted by Gasteiger charge is -2.24. The maximum atomic E-state index is 8.00. The number of hydrogen-bond acceptors (Lipinski definition) is 5. The van der Waals surface area contributed by atoms with Gasteiger partial charge in [-0.2, -0.15) is 0 Å². The number of anilines is 1. The summed E-state index contributed by atoms with van der Waals surface area (Å²) >= 11 is 0. The topological polar surface area (TPSA) is 87.7 Å². The molecule has 0 saturated heterocycles. The largest absolute Gasteiger partial charge is 0.402 e. The van der Waals surface area contributed by atoms with Gasteiger partial charge in [-0.1, -0.05) is 25.3 Å². The molecule has 126 valence electrons. The summed E-state index contributed by atoms with van der Waals surface area (Å²) in [5.41, 5.74) is 9.74. The van der Waals surface area contributed by atoms with Crippen molar-refractivity contribution >= 4 is 28.0 Å². The van der Waals surface area contributed by atoms with Crippen LogP contribution in [0.4, 0.5) is 5.82 Å². The first-order valence-corrected chi connectivity index (χ1v) is 8.60. The zero-order chi connectivity index (χ0) is 17.1. The van der Waals surface area contributed by atoms with E-state index in [4.69, 9.17) is 11.1 Å². The number of rotatable bonds is 4. The lowest BCUT2D eigenvalue weighted by atomic mass is 9.95. The Kier molecular flexibility index (Phi) is 4.79. The van der Waals surface area contributed by atoms with Gasteiger partial charge in [0.15, 0.2) is 0 Å². The summed E-state index contributed by atoms with van der Waals surface area (Å²) in [5, 5.41) is 12.6. The van der Waals surface area contributed by atoms with E-state index in [0.717, 1.165) is 27.9 Å². The lowest BCUT2D eigenvalue weighted by molar-refractivity contribution is 0.462. The molecule has 2 aromatic rings. The number of hydrogen-bond donors (Lipinski definition) is 3. The highest BCUT2D eigenvalue weighted by Crippen LogP contribution is 2.28. The molecule has 1 fully saturated rings. The molecular weight excluding hydrogens is 298 g/mol. The highest BCUT2D eigenvalue weighted by Gasteiger charge is 2.16. The van der Waals surface area contributed by atoms with Crippen LogP contribution in [0, 0.1) is 5.41 Å². The van der Waals surface area contributed by atoms with Gasteiger partial charge in [0.05, 0.1) is 5.52 Å². The Balaban J connectivity index is 2.02. The van der Waals surface area contributed by atoms with Crippen LogP contribution in [0.25, 0.3) is 16.5 Å². The molecule has 1 aromatic heterocycles. The molecule has 1 aromatic carbocycles. The average molecular weight is 323 g/mol. The fraction of sp³-hybridized carbons (Fsp3) is 0.421. The summed E-state index contributed by atoms with van der Waals surface area (Å²) in [5.74, 6) is 0.880. The summed E-state index contributed by atoms with van der Waals surface area (Å²) in [6.45, 7) is 3.60. The van der Waals surface area contributed by atoms with Crippen molar-refractivity contribution in [2.24, 2.45) is 5.73 Å². The first-order chi connectivity index (χ1) is 11.6. The molecule has 0 radical (unpaired) electrons. The molecular formula is C19H25N5. The van der Waals surface area contributed by atoms with E-state index in [1.165, 1.54) is 32.1 Å². The Labute approximate surface area is 142 Å². The molecule has 0 unspecified atom stereocenters. The molecule has 5 heteroatoms. The zero-order valence-corrected chi connectivity index (χ0v) is 14.4. The first-order valence-electron chi connectivity index (χ1n) is 8.60. The molecule has 1 aliphatic carbocycles. The Hall–Kier alpha value is -2.43. The molecule has 3 rings (SSSR count). The number of nitrogens with zero attached hydrogens (tertiary/aromatic N) is 2. The van der Waals surface area contributed by atoms with Crippen molar-refractivity contribution in [2.45, 2.75) is 52.0 Å². The quantitative estimate of drug-likeness (QED) is 0.739. The predicted molar refractivity (Wildman–Crippen MR) is 100 cm³/mol. The van der Waals surface area contributed by atoms with Gasteiger partial charge in [0.25, 0.3) is 0 Å². The van der Waals surface area contributed by atoms with E-state index in [1.807, 2.05) is 25.1 Å². The monoisotopic (exact) mass is 323 g/mol. The van der Waals surface area contributed by atoms with Gasteiger partial charge in [0.2, 0.25) is 0 Å². The van der Waals surface area contributed by atoms with Crippen LogP contribution in [0.1, 0.15) is 51.5 Å². The minimum Gasteiger partial charge on any atom is -0.402 e. The summed E-state index contributed by atoms with van der Waals surface area (Å²) in [6.07, 6.45) is 7.88. The summed E-state index contributed by atoms with van der Waals surface area (Å²) in [4.78, 5) is 8.84. The third-order valence-corrected chi connectivity index (χ3v) is 4.64. The number of aromatic nitrogens is 2. The molecule has 24 heavy (non-hydrogen) atoms. The second-order valence-electron chi connectivity index (χ2n) is 6.62. The molecule has 0 spiro atoms. The van der Waals surface area contributed by atoms with Crippen LogP contribution in [0.2, 0.25) is 0 Å². The summed E-state index contributed by atoms with van der Waals surface area (Å²) in [7, 11) is 0. The van der Waals surface area contributed by atoms with Crippen molar-refractivity contribution in [3.8, 4) is 0 Å². The second kappa shape index (κ2) is 6.99. The van der Waals surface area contributed by atoms with Gasteiger partial charge in [-0.05, 0) is 44.4 Å². The van der Waals surface area contributed by atoms with E-state index in [-0.39, 0.29) is 0 Å². The van der Waals surface area contributed by atoms with Gasteiger partial charge in [-0.25, -0.2) is 9.97 Å². The van der Waals surface area contributed by atoms with E-state index < -0.39 is 0 Å². The van der Waals surface area contributed by atoms with E-state index >= 15 is 0 Å². The Morgan fingerprint density at radius 2 is 1.92 bits per heavy atom. The molecule has 1 saturated carbocycles. The third-order valence-electron chi connectivity index (χ3n) is 4.64. The molecule has 4 N–H and O–H groups in total. The van der Waals surface area contributed by atoms with Crippen molar-refractivity contribution in [3.05, 3.63) is 35.8 Å². The second-order valence-corrected chi connectivity index (χ2v) is 6.62. The van der Waals surface area contributed by atoms with Gasteiger partial charge >= 0.3 is 0 Å². The van der Waals surface area contributed by atoms with Crippen LogP contribution >= 0.6 is 0 Å². The Morgan fingerprint density at radius 1 is 1.17 bits per heavy atom. The molecule has 0 bridgehead atoms. The molecule has 1 heterocycles. The van der Waals surface area contributed by atoms with Gasteiger partial charge in [0, 0.05) is 28.4 Å². The molecule has 0 aliphatic heterocycles. The number of fused-ring (bicyclic) bond motifs is 1. The molecule has 0 atom stereocenters. The minimum atomic E-state index is 0.466. The Morgan fingerprint density at radius 3 is 2.58 bits per heavy atom. The van der Waals surface area contributed by atoms with Crippen LogP contribution in [0.5, 0.6) is 0 Å². The zero-order valence-electron chi connectivity index (χ0n) is 14.4. The molecule has 1 aliphatic rings. The van der Waals surface area contributed by atoms with Crippen molar-refractivity contribution in [1.29, 1.82) is 5.41 Å². The van der Waals surface area contributed by atoms with Gasteiger partial charge in [0.1, 0.15) is 12.1 Å². The normalized spacial score (nSPS) is 16.8. The van der Waals surface area contributed by atoms with Crippen LogP contribution in [-0.2, 0) is 0 Å². The van der Waals surface area contributed by atoms with Gasteiger partial charge in [-0.15, -0.1) is 0 Å². The minimum absolute atomic E-state index is 0.466. The fourth-order valence-corrected chi connectivity index (χ4v) is 3.51. The van der Waals surface area contributed by atoms with E-state index in [2.05, 4.69) is 15.3 Å². The molecule has 5 nitrogen and oxygen atoms in total. The van der Waals surface area contributed by atoms with E-state index in [1.54, 1.807) is 13.3 Å². The lowest BCUT2D eigenvalue weighted by Crippen LogP contribution is -2.23. The highest BCUT2D eigenvalue weighted by molar-refractivity contribution is 6.22. The predicted octanol–water partition coefficient (Wildman–Crippen LogP) is 4.10. The number of nitrogens with two attached hydrogens (primary N) is 1. The first kappa shape index (κ1) is 16.4. The van der Waals surface area contributed by atoms with Crippen LogP contribution in [0.15, 0.2) is 30.2 Å². The Bertz CT molecular complexity index is 783. The molecule has 0 amide bonds.